The fraction of sp³-hybridized carbons (Fsp3) is 0.471. The molecule has 0 atom stereocenters. The topological polar surface area (TPSA) is 33.1 Å². The number of benzene rings is 1. The largest absolute Gasteiger partial charge is 0.381 e. The van der Waals surface area contributed by atoms with Crippen molar-refractivity contribution in [3.8, 4) is 0 Å². The smallest absolute Gasteiger partial charge is 0.0539 e. The minimum Gasteiger partial charge on any atom is -0.381 e. The van der Waals surface area contributed by atoms with E-state index in [1.807, 2.05) is 10.9 Å². The van der Waals surface area contributed by atoms with Gasteiger partial charge in [0.05, 0.1) is 6.20 Å². The lowest BCUT2D eigenvalue weighted by atomic mass is 10.2. The zero-order valence-corrected chi connectivity index (χ0v) is 12.8. The minimum atomic E-state index is 0.825. The first-order chi connectivity index (χ1) is 10.3. The fourth-order valence-electron chi connectivity index (χ4n) is 2.80. The Labute approximate surface area is 126 Å². The van der Waals surface area contributed by atoms with Crippen LogP contribution in [-0.4, -0.2) is 27.8 Å². The molecule has 0 unspecified atom stereocenters. The van der Waals surface area contributed by atoms with E-state index in [1.165, 1.54) is 42.7 Å². The number of nitrogens with one attached hydrogen (secondary N) is 1. The van der Waals surface area contributed by atoms with Gasteiger partial charge in [-0.2, -0.15) is 5.10 Å². The van der Waals surface area contributed by atoms with Gasteiger partial charge in [-0.1, -0.05) is 12.1 Å². The molecule has 112 valence electrons. The van der Waals surface area contributed by atoms with E-state index >= 15 is 0 Å². The molecule has 4 heteroatoms. The van der Waals surface area contributed by atoms with Crippen molar-refractivity contribution in [2.45, 2.75) is 39.4 Å². The Balaban J connectivity index is 1.51. The summed E-state index contributed by atoms with van der Waals surface area (Å²) in [5, 5.41) is 7.74. The lowest BCUT2D eigenvalue weighted by Gasteiger charge is -2.14. The predicted octanol–water partition coefficient (Wildman–Crippen LogP) is 3.11. The maximum Gasteiger partial charge on any atom is 0.0539 e. The summed E-state index contributed by atoms with van der Waals surface area (Å²) in [5.74, 6) is 0. The van der Waals surface area contributed by atoms with Gasteiger partial charge in [-0.25, -0.2) is 0 Å². The van der Waals surface area contributed by atoms with Crippen molar-refractivity contribution in [1.29, 1.82) is 0 Å². The highest BCUT2D eigenvalue weighted by Gasteiger charge is 2.11. The van der Waals surface area contributed by atoms with Crippen molar-refractivity contribution >= 4 is 5.69 Å². The molecule has 1 saturated heterocycles. The fourth-order valence-corrected chi connectivity index (χ4v) is 2.80. The number of nitrogens with zero attached hydrogens (tertiary/aromatic N) is 3. The van der Waals surface area contributed by atoms with E-state index in [1.54, 1.807) is 0 Å². The average Bonchev–Trinajstić information content (AvgIpc) is 3.18. The molecule has 0 radical (unpaired) electrons. The zero-order chi connectivity index (χ0) is 14.5. The molecule has 1 aliphatic rings. The third-order valence-corrected chi connectivity index (χ3v) is 4.07. The Bertz CT molecular complexity index is 552. The van der Waals surface area contributed by atoms with Crippen molar-refractivity contribution < 1.29 is 0 Å². The van der Waals surface area contributed by atoms with Gasteiger partial charge in [0.15, 0.2) is 0 Å². The minimum absolute atomic E-state index is 0.825. The molecule has 3 rings (SSSR count). The average molecular weight is 284 g/mol. The summed E-state index contributed by atoms with van der Waals surface area (Å²) in [6, 6.07) is 8.82. The van der Waals surface area contributed by atoms with Crippen molar-refractivity contribution in [1.82, 2.24) is 14.7 Å². The van der Waals surface area contributed by atoms with Gasteiger partial charge in [-0.15, -0.1) is 0 Å². The first kappa shape index (κ1) is 14.1. The summed E-state index contributed by atoms with van der Waals surface area (Å²) in [6.45, 7) is 7.44. The maximum atomic E-state index is 4.29. The Kier molecular flexibility index (Phi) is 4.55. The second-order valence-electron chi connectivity index (χ2n) is 5.74. The van der Waals surface area contributed by atoms with Gasteiger partial charge in [0, 0.05) is 37.1 Å². The van der Waals surface area contributed by atoms with Crippen molar-refractivity contribution in [2.75, 3.05) is 18.4 Å². The van der Waals surface area contributed by atoms with Crippen LogP contribution in [-0.2, 0) is 19.6 Å². The van der Waals surface area contributed by atoms with Crippen LogP contribution in [0.4, 0.5) is 5.69 Å². The Morgan fingerprint density at radius 3 is 2.52 bits per heavy atom. The third kappa shape index (κ3) is 3.85. The second-order valence-corrected chi connectivity index (χ2v) is 5.74. The number of rotatable bonds is 6. The van der Waals surface area contributed by atoms with Crippen LogP contribution in [0.25, 0.3) is 0 Å². The molecule has 0 saturated carbocycles. The van der Waals surface area contributed by atoms with E-state index in [0.717, 1.165) is 19.6 Å². The van der Waals surface area contributed by atoms with Crippen LogP contribution < -0.4 is 5.32 Å². The van der Waals surface area contributed by atoms with Crippen LogP contribution in [0, 0.1) is 0 Å². The van der Waals surface area contributed by atoms with Crippen LogP contribution in [0.1, 0.15) is 30.9 Å². The first-order valence-corrected chi connectivity index (χ1v) is 7.90. The monoisotopic (exact) mass is 284 g/mol. The quantitative estimate of drug-likeness (QED) is 0.885. The predicted molar refractivity (Wildman–Crippen MR) is 86.2 cm³/mol. The van der Waals surface area contributed by atoms with Crippen molar-refractivity contribution in [3.05, 3.63) is 47.8 Å². The SMILES string of the molecule is CCn1cc(CNc2ccc(CN3CCCC3)cc2)cn1. The van der Waals surface area contributed by atoms with Gasteiger partial charge < -0.3 is 5.32 Å². The normalized spacial score (nSPS) is 15.5. The summed E-state index contributed by atoms with van der Waals surface area (Å²) in [6.07, 6.45) is 6.73. The summed E-state index contributed by atoms with van der Waals surface area (Å²) in [7, 11) is 0. The van der Waals surface area contributed by atoms with Crippen molar-refractivity contribution in [3.63, 3.8) is 0 Å². The lowest BCUT2D eigenvalue weighted by molar-refractivity contribution is 0.331. The van der Waals surface area contributed by atoms with Gasteiger partial charge in [-0.3, -0.25) is 9.58 Å². The maximum absolute atomic E-state index is 4.29. The highest BCUT2D eigenvalue weighted by atomic mass is 15.3. The molecule has 1 aromatic heterocycles. The second kappa shape index (κ2) is 6.76. The van der Waals surface area contributed by atoms with E-state index < -0.39 is 0 Å². The number of aromatic nitrogens is 2. The van der Waals surface area contributed by atoms with Crippen LogP contribution in [0.5, 0.6) is 0 Å². The number of aryl methyl sites for hydroxylation is 1. The molecule has 1 aromatic carbocycles. The molecule has 1 N–H and O–H groups in total. The molecule has 2 aromatic rings. The Morgan fingerprint density at radius 2 is 1.86 bits per heavy atom. The number of hydrogen-bond donors (Lipinski definition) is 1. The molecule has 1 fully saturated rings. The van der Waals surface area contributed by atoms with Gasteiger partial charge in [0.1, 0.15) is 0 Å². The molecule has 4 nitrogen and oxygen atoms in total. The van der Waals surface area contributed by atoms with E-state index in [4.69, 9.17) is 0 Å². The van der Waals surface area contributed by atoms with E-state index in [-0.39, 0.29) is 0 Å². The molecule has 1 aliphatic heterocycles. The molecule has 0 aliphatic carbocycles. The summed E-state index contributed by atoms with van der Waals surface area (Å²) >= 11 is 0. The van der Waals surface area contributed by atoms with Gasteiger partial charge in [-0.05, 0) is 50.6 Å². The van der Waals surface area contributed by atoms with Gasteiger partial charge in [0.25, 0.3) is 0 Å². The number of hydrogen-bond acceptors (Lipinski definition) is 3. The molecule has 0 amide bonds. The molecule has 2 heterocycles. The Hall–Kier alpha value is -1.81. The molecular weight excluding hydrogens is 260 g/mol. The summed E-state index contributed by atoms with van der Waals surface area (Å²) < 4.78 is 1.95. The van der Waals surface area contributed by atoms with E-state index in [2.05, 4.69) is 52.7 Å². The molecular formula is C17H24N4. The summed E-state index contributed by atoms with van der Waals surface area (Å²) in [5.41, 5.74) is 3.80. The number of likely N-dealkylation sites (tertiary alicyclic amines) is 1. The first-order valence-electron chi connectivity index (χ1n) is 7.90. The van der Waals surface area contributed by atoms with Crippen LogP contribution in [0.15, 0.2) is 36.7 Å². The van der Waals surface area contributed by atoms with Crippen LogP contribution in [0.2, 0.25) is 0 Å². The van der Waals surface area contributed by atoms with E-state index in [0.29, 0.717) is 0 Å². The van der Waals surface area contributed by atoms with Crippen LogP contribution in [0.3, 0.4) is 0 Å². The zero-order valence-electron chi connectivity index (χ0n) is 12.8. The van der Waals surface area contributed by atoms with Crippen molar-refractivity contribution in [2.24, 2.45) is 0 Å². The molecule has 0 bridgehead atoms. The molecule has 0 spiro atoms. The lowest BCUT2D eigenvalue weighted by Crippen LogP contribution is -2.18. The van der Waals surface area contributed by atoms with Gasteiger partial charge >= 0.3 is 0 Å². The van der Waals surface area contributed by atoms with E-state index in [9.17, 15) is 0 Å². The van der Waals surface area contributed by atoms with Crippen LogP contribution >= 0.6 is 0 Å². The van der Waals surface area contributed by atoms with Gasteiger partial charge in [0.2, 0.25) is 0 Å². The number of anilines is 1. The summed E-state index contributed by atoms with van der Waals surface area (Å²) in [4.78, 5) is 2.53. The highest BCUT2D eigenvalue weighted by Crippen LogP contribution is 2.15. The standard InChI is InChI=1S/C17H24N4/c1-2-21-14-16(12-19-21)11-18-17-7-5-15(6-8-17)13-20-9-3-4-10-20/h5-8,12,14,18H,2-4,9-11,13H2,1H3. The third-order valence-electron chi connectivity index (χ3n) is 4.07. The molecule has 21 heavy (non-hydrogen) atoms. The Morgan fingerprint density at radius 1 is 1.10 bits per heavy atom. The highest BCUT2D eigenvalue weighted by molar-refractivity contribution is 5.45.